The summed E-state index contributed by atoms with van der Waals surface area (Å²) in [6.07, 6.45) is 1.34. The lowest BCUT2D eigenvalue weighted by molar-refractivity contribution is -0.119. The molecular formula is C21H22N2O6. The van der Waals surface area contributed by atoms with E-state index in [1.807, 2.05) is 6.07 Å². The van der Waals surface area contributed by atoms with Crippen LogP contribution in [0.2, 0.25) is 0 Å². The second-order valence-corrected chi connectivity index (χ2v) is 6.36. The number of carbonyl (C=O) groups is 3. The lowest BCUT2D eigenvalue weighted by Crippen LogP contribution is -2.24. The average Bonchev–Trinajstić information content (AvgIpc) is 3.17. The van der Waals surface area contributed by atoms with Gasteiger partial charge in [-0.3, -0.25) is 9.59 Å². The Labute approximate surface area is 168 Å². The maximum absolute atomic E-state index is 12.4. The van der Waals surface area contributed by atoms with Crippen molar-refractivity contribution in [2.75, 3.05) is 37.6 Å². The van der Waals surface area contributed by atoms with E-state index in [1.165, 1.54) is 14.2 Å². The van der Waals surface area contributed by atoms with Gasteiger partial charge in [0.1, 0.15) is 17.1 Å². The van der Waals surface area contributed by atoms with Crippen molar-refractivity contribution >= 4 is 29.2 Å². The third-order valence-electron chi connectivity index (χ3n) is 4.48. The number of methoxy groups -OCH3 is 2. The van der Waals surface area contributed by atoms with Crippen molar-refractivity contribution in [1.82, 2.24) is 0 Å². The smallest absolute Gasteiger partial charge is 0.346 e. The molecule has 8 nitrogen and oxygen atoms in total. The summed E-state index contributed by atoms with van der Waals surface area (Å²) in [4.78, 5) is 38.2. The lowest BCUT2D eigenvalue weighted by Gasteiger charge is -2.17. The number of hydrogen-bond acceptors (Lipinski definition) is 6. The Kier molecular flexibility index (Phi) is 6.33. The average molecular weight is 398 g/mol. The number of anilines is 2. The van der Waals surface area contributed by atoms with Crippen LogP contribution in [0.4, 0.5) is 11.4 Å². The van der Waals surface area contributed by atoms with E-state index < -0.39 is 18.5 Å². The molecule has 2 aromatic carbocycles. The van der Waals surface area contributed by atoms with Crippen LogP contribution in [0.15, 0.2) is 42.5 Å². The largest absolute Gasteiger partial charge is 0.496 e. The number of rotatable bonds is 7. The summed E-state index contributed by atoms with van der Waals surface area (Å²) in [6, 6.07) is 11.9. The SMILES string of the molecule is COc1cccc(OC)c1C(=O)OCC(=O)Nc1cccc(N2CCCC2=O)c1. The highest BCUT2D eigenvalue weighted by molar-refractivity contribution is 5.99. The Morgan fingerprint density at radius 3 is 2.38 bits per heavy atom. The number of ether oxygens (including phenoxy) is 3. The molecule has 0 aromatic heterocycles. The van der Waals surface area contributed by atoms with Crippen LogP contribution in [0.5, 0.6) is 11.5 Å². The Balaban J connectivity index is 1.62. The number of carbonyl (C=O) groups excluding carboxylic acids is 3. The topological polar surface area (TPSA) is 94.2 Å². The molecule has 0 unspecified atom stereocenters. The number of nitrogens with zero attached hydrogens (tertiary/aromatic N) is 1. The minimum atomic E-state index is -0.731. The predicted octanol–water partition coefficient (Wildman–Crippen LogP) is 2.63. The molecule has 0 saturated carbocycles. The number of benzene rings is 2. The van der Waals surface area contributed by atoms with Gasteiger partial charge >= 0.3 is 5.97 Å². The van der Waals surface area contributed by atoms with Crippen LogP contribution in [-0.4, -0.2) is 45.2 Å². The number of nitrogens with one attached hydrogen (secondary N) is 1. The molecule has 2 aromatic rings. The maximum atomic E-state index is 12.4. The van der Waals surface area contributed by atoms with Crippen molar-refractivity contribution in [2.24, 2.45) is 0 Å². The monoisotopic (exact) mass is 398 g/mol. The molecule has 2 amide bonds. The van der Waals surface area contributed by atoms with Crippen LogP contribution < -0.4 is 19.7 Å². The molecule has 8 heteroatoms. The summed E-state index contributed by atoms with van der Waals surface area (Å²) < 4.78 is 15.5. The molecule has 1 fully saturated rings. The molecule has 0 atom stereocenters. The van der Waals surface area contributed by atoms with Crippen molar-refractivity contribution < 1.29 is 28.6 Å². The minimum absolute atomic E-state index is 0.0631. The van der Waals surface area contributed by atoms with Crippen molar-refractivity contribution in [1.29, 1.82) is 0 Å². The highest BCUT2D eigenvalue weighted by Gasteiger charge is 2.22. The molecule has 29 heavy (non-hydrogen) atoms. The van der Waals surface area contributed by atoms with Crippen LogP contribution in [0, 0.1) is 0 Å². The highest BCUT2D eigenvalue weighted by Crippen LogP contribution is 2.29. The first-order valence-electron chi connectivity index (χ1n) is 9.12. The van der Waals surface area contributed by atoms with Gasteiger partial charge in [0.25, 0.3) is 5.91 Å². The van der Waals surface area contributed by atoms with Gasteiger partial charge in [0.2, 0.25) is 5.91 Å². The molecule has 0 spiro atoms. The molecule has 1 N–H and O–H groups in total. The van der Waals surface area contributed by atoms with Gasteiger partial charge in [0.05, 0.1) is 14.2 Å². The molecule has 1 aliphatic rings. The molecule has 0 aliphatic carbocycles. The van der Waals surface area contributed by atoms with Gasteiger partial charge in [-0.25, -0.2) is 4.79 Å². The Bertz CT molecular complexity index is 905. The van der Waals surface area contributed by atoms with Gasteiger partial charge in [-0.05, 0) is 36.8 Å². The Morgan fingerprint density at radius 1 is 1.07 bits per heavy atom. The lowest BCUT2D eigenvalue weighted by atomic mass is 10.2. The number of hydrogen-bond donors (Lipinski definition) is 1. The van der Waals surface area contributed by atoms with Crippen molar-refractivity contribution in [2.45, 2.75) is 12.8 Å². The van der Waals surface area contributed by atoms with Gasteiger partial charge in [-0.1, -0.05) is 12.1 Å². The zero-order chi connectivity index (χ0) is 20.8. The maximum Gasteiger partial charge on any atom is 0.346 e. The molecular weight excluding hydrogens is 376 g/mol. The van der Waals surface area contributed by atoms with E-state index in [1.54, 1.807) is 41.3 Å². The van der Waals surface area contributed by atoms with E-state index in [2.05, 4.69) is 5.32 Å². The highest BCUT2D eigenvalue weighted by atomic mass is 16.5. The standard InChI is InChI=1S/C21H22N2O6/c1-27-16-8-4-9-17(28-2)20(16)21(26)29-13-18(24)22-14-6-3-7-15(12-14)23-11-5-10-19(23)25/h3-4,6-9,12H,5,10-11,13H2,1-2H3,(H,22,24). The van der Waals surface area contributed by atoms with Crippen molar-refractivity contribution in [3.63, 3.8) is 0 Å². The zero-order valence-corrected chi connectivity index (χ0v) is 16.3. The van der Waals surface area contributed by atoms with Crippen LogP contribution in [0.1, 0.15) is 23.2 Å². The van der Waals surface area contributed by atoms with Gasteiger partial charge in [0.15, 0.2) is 6.61 Å². The molecule has 0 radical (unpaired) electrons. The van der Waals surface area contributed by atoms with E-state index in [0.29, 0.717) is 18.7 Å². The third kappa shape index (κ3) is 4.66. The fourth-order valence-corrected chi connectivity index (χ4v) is 3.13. The normalized spacial score (nSPS) is 13.2. The first-order chi connectivity index (χ1) is 14.0. The molecule has 1 heterocycles. The second kappa shape index (κ2) is 9.09. The summed E-state index contributed by atoms with van der Waals surface area (Å²) in [5.41, 5.74) is 1.35. The summed E-state index contributed by atoms with van der Waals surface area (Å²) in [5.74, 6) is -0.591. The van der Waals surface area contributed by atoms with Crippen molar-refractivity contribution in [3.8, 4) is 11.5 Å². The van der Waals surface area contributed by atoms with E-state index >= 15 is 0 Å². The Hall–Kier alpha value is -3.55. The fraction of sp³-hybridized carbons (Fsp3) is 0.286. The first-order valence-corrected chi connectivity index (χ1v) is 9.12. The Morgan fingerprint density at radius 2 is 1.76 bits per heavy atom. The zero-order valence-electron chi connectivity index (χ0n) is 16.3. The van der Waals surface area contributed by atoms with E-state index in [-0.39, 0.29) is 23.0 Å². The summed E-state index contributed by atoms with van der Waals surface area (Å²) in [7, 11) is 2.85. The van der Waals surface area contributed by atoms with Gasteiger partial charge < -0.3 is 24.4 Å². The summed E-state index contributed by atoms with van der Waals surface area (Å²) in [5, 5.41) is 2.67. The van der Waals surface area contributed by atoms with Crippen LogP contribution in [0.3, 0.4) is 0 Å². The molecule has 152 valence electrons. The van der Waals surface area contributed by atoms with E-state index in [9.17, 15) is 14.4 Å². The molecule has 1 aliphatic heterocycles. The summed E-state index contributed by atoms with van der Waals surface area (Å²) in [6.45, 7) is 0.182. The van der Waals surface area contributed by atoms with Gasteiger partial charge in [-0.15, -0.1) is 0 Å². The van der Waals surface area contributed by atoms with Gasteiger partial charge in [0, 0.05) is 24.3 Å². The van der Waals surface area contributed by atoms with Crippen molar-refractivity contribution in [3.05, 3.63) is 48.0 Å². The summed E-state index contributed by atoms with van der Waals surface area (Å²) >= 11 is 0. The predicted molar refractivity (Wildman–Crippen MR) is 106 cm³/mol. The minimum Gasteiger partial charge on any atom is -0.496 e. The van der Waals surface area contributed by atoms with Crippen LogP contribution in [-0.2, 0) is 14.3 Å². The number of amides is 2. The van der Waals surface area contributed by atoms with E-state index in [4.69, 9.17) is 14.2 Å². The quantitative estimate of drug-likeness (QED) is 0.721. The molecule has 3 rings (SSSR count). The fourth-order valence-electron chi connectivity index (χ4n) is 3.13. The van der Waals surface area contributed by atoms with Gasteiger partial charge in [-0.2, -0.15) is 0 Å². The number of esters is 1. The van der Waals surface area contributed by atoms with Crippen LogP contribution >= 0.6 is 0 Å². The molecule has 1 saturated heterocycles. The second-order valence-electron chi connectivity index (χ2n) is 6.36. The van der Waals surface area contributed by atoms with E-state index in [0.717, 1.165) is 12.1 Å². The first kappa shape index (κ1) is 20.2. The van der Waals surface area contributed by atoms with Crippen LogP contribution in [0.25, 0.3) is 0 Å². The molecule has 0 bridgehead atoms. The third-order valence-corrected chi connectivity index (χ3v) is 4.48.